The molecular weight excluding hydrogens is 496 g/mol. The lowest BCUT2D eigenvalue weighted by Gasteiger charge is -2.27. The number of hydrogen-bond donors (Lipinski definition) is 3. The summed E-state index contributed by atoms with van der Waals surface area (Å²) in [6.07, 6.45) is 1.69. The number of aromatic nitrogens is 1. The Bertz CT molecular complexity index is 1180. The molecule has 0 saturated heterocycles. The molecule has 2 aromatic carbocycles. The minimum Gasteiger partial charge on any atom is -0.497 e. The molecule has 3 rings (SSSR count). The van der Waals surface area contributed by atoms with E-state index in [1.807, 2.05) is 17.5 Å². The zero-order valence-corrected chi connectivity index (χ0v) is 21.1. The van der Waals surface area contributed by atoms with Gasteiger partial charge in [-0.1, -0.05) is 36.0 Å². The average Bonchev–Trinajstić information content (AvgIpc) is 3.32. The number of carboxylic acids is 1. The maximum atomic E-state index is 12.9. The van der Waals surface area contributed by atoms with E-state index in [4.69, 9.17) is 4.74 Å². The molecule has 11 heteroatoms. The molecule has 0 radical (unpaired) electrons. The number of thioether (sulfide) groups is 1. The SMILES string of the molecule is COc1ccc(-c2ccc(S(=O)(=O)NC(CC(C)(O)CCSc3nccs3)C(=O)O)cc2)cc1. The van der Waals surface area contributed by atoms with Gasteiger partial charge in [-0.05, 0) is 48.7 Å². The molecule has 0 aliphatic heterocycles. The van der Waals surface area contributed by atoms with Gasteiger partial charge in [-0.25, -0.2) is 13.4 Å². The summed E-state index contributed by atoms with van der Waals surface area (Å²) in [5, 5.41) is 22.1. The van der Waals surface area contributed by atoms with Gasteiger partial charge in [0.25, 0.3) is 0 Å². The summed E-state index contributed by atoms with van der Waals surface area (Å²) in [6.45, 7) is 1.50. The van der Waals surface area contributed by atoms with Gasteiger partial charge >= 0.3 is 5.97 Å². The largest absolute Gasteiger partial charge is 0.497 e. The van der Waals surface area contributed by atoms with E-state index in [0.29, 0.717) is 11.5 Å². The molecular formula is C23H26N2O6S3. The fourth-order valence-electron chi connectivity index (χ4n) is 3.23. The summed E-state index contributed by atoms with van der Waals surface area (Å²) in [4.78, 5) is 15.9. The summed E-state index contributed by atoms with van der Waals surface area (Å²) in [5.74, 6) is -0.123. The Kier molecular flexibility index (Phi) is 8.72. The van der Waals surface area contributed by atoms with Gasteiger partial charge in [-0.15, -0.1) is 11.3 Å². The highest BCUT2D eigenvalue weighted by Crippen LogP contribution is 2.27. The normalized spacial score (nSPS) is 14.3. The molecule has 0 saturated carbocycles. The molecule has 3 aromatic rings. The van der Waals surface area contributed by atoms with Crippen LogP contribution in [0.25, 0.3) is 11.1 Å². The number of carboxylic acid groups (broad SMARTS) is 1. The Hall–Kier alpha value is -2.44. The van der Waals surface area contributed by atoms with Crippen molar-refractivity contribution in [2.75, 3.05) is 12.9 Å². The number of rotatable bonds is 12. The van der Waals surface area contributed by atoms with Gasteiger partial charge in [0.05, 0.1) is 17.6 Å². The molecule has 34 heavy (non-hydrogen) atoms. The van der Waals surface area contributed by atoms with E-state index in [0.717, 1.165) is 15.5 Å². The zero-order chi connectivity index (χ0) is 24.8. The molecule has 2 atom stereocenters. The molecule has 1 heterocycles. The highest BCUT2D eigenvalue weighted by Gasteiger charge is 2.33. The zero-order valence-electron chi connectivity index (χ0n) is 18.7. The summed E-state index contributed by atoms with van der Waals surface area (Å²) >= 11 is 2.93. The van der Waals surface area contributed by atoms with E-state index in [-0.39, 0.29) is 17.7 Å². The molecule has 0 fully saturated rings. The molecule has 0 amide bonds. The second-order valence-electron chi connectivity index (χ2n) is 7.86. The minimum atomic E-state index is -4.12. The first-order chi connectivity index (χ1) is 16.1. The van der Waals surface area contributed by atoms with Crippen molar-refractivity contribution in [1.82, 2.24) is 9.71 Å². The van der Waals surface area contributed by atoms with Crippen LogP contribution < -0.4 is 9.46 Å². The predicted octanol–water partition coefficient (Wildman–Crippen LogP) is 3.87. The average molecular weight is 523 g/mol. The lowest BCUT2D eigenvalue weighted by molar-refractivity contribution is -0.140. The number of thiazole rings is 1. The van der Waals surface area contributed by atoms with Crippen LogP contribution in [0.15, 0.2) is 69.3 Å². The Labute approximate surface area is 207 Å². The molecule has 0 aliphatic carbocycles. The monoisotopic (exact) mass is 522 g/mol. The van der Waals surface area contributed by atoms with Gasteiger partial charge in [0.2, 0.25) is 10.0 Å². The first kappa shape index (κ1) is 26.2. The Morgan fingerprint density at radius 2 is 1.79 bits per heavy atom. The summed E-state index contributed by atoms with van der Waals surface area (Å²) < 4.78 is 33.9. The van der Waals surface area contributed by atoms with Crippen molar-refractivity contribution in [3.05, 3.63) is 60.1 Å². The van der Waals surface area contributed by atoms with E-state index in [2.05, 4.69) is 9.71 Å². The van der Waals surface area contributed by atoms with Gasteiger partial charge in [0, 0.05) is 23.8 Å². The molecule has 182 valence electrons. The maximum absolute atomic E-state index is 12.9. The first-order valence-electron chi connectivity index (χ1n) is 10.3. The van der Waals surface area contributed by atoms with E-state index in [9.17, 15) is 23.4 Å². The summed E-state index contributed by atoms with van der Waals surface area (Å²) in [6, 6.07) is 12.0. The standard InChI is InChI=1S/C23H26N2O6S3/c1-23(28,11-13-32-22-24-12-14-33-22)15-20(21(26)27)25-34(29,30)19-9-5-17(6-10-19)16-3-7-18(31-2)8-4-16/h3-10,12,14,20,25,28H,11,13,15H2,1-2H3,(H,26,27). The van der Waals surface area contributed by atoms with Gasteiger partial charge in [-0.2, -0.15) is 4.72 Å². The number of aliphatic carboxylic acids is 1. The fourth-order valence-corrected chi connectivity index (χ4v) is 6.32. The molecule has 0 aliphatic rings. The summed E-state index contributed by atoms with van der Waals surface area (Å²) in [5.41, 5.74) is 0.304. The maximum Gasteiger partial charge on any atom is 0.321 e. The minimum absolute atomic E-state index is 0.0602. The number of methoxy groups -OCH3 is 1. The predicted molar refractivity (Wildman–Crippen MR) is 133 cm³/mol. The van der Waals surface area contributed by atoms with Crippen LogP contribution in [0.3, 0.4) is 0 Å². The molecule has 0 spiro atoms. The number of aliphatic hydroxyl groups is 1. The number of nitrogens with one attached hydrogen (secondary N) is 1. The van der Waals surface area contributed by atoms with Gasteiger partial charge in [0.15, 0.2) is 0 Å². The second kappa shape index (κ2) is 11.3. The van der Waals surface area contributed by atoms with Crippen molar-refractivity contribution in [3.63, 3.8) is 0 Å². The van der Waals surface area contributed by atoms with Crippen LogP contribution in [0, 0.1) is 0 Å². The second-order valence-corrected chi connectivity index (χ2v) is 11.8. The Balaban J connectivity index is 1.65. The van der Waals surface area contributed by atoms with Crippen LogP contribution in [-0.4, -0.2) is 54.1 Å². The van der Waals surface area contributed by atoms with E-state index < -0.39 is 27.6 Å². The Morgan fingerprint density at radius 3 is 2.32 bits per heavy atom. The first-order valence-corrected chi connectivity index (χ1v) is 13.7. The molecule has 0 bridgehead atoms. The third-order valence-corrected chi connectivity index (χ3v) is 8.56. The number of benzene rings is 2. The molecule has 2 unspecified atom stereocenters. The highest BCUT2D eigenvalue weighted by molar-refractivity contribution is 8.01. The number of carbonyl (C=O) groups is 1. The topological polar surface area (TPSA) is 126 Å². The van der Waals surface area contributed by atoms with Gasteiger partial charge in [0.1, 0.15) is 16.1 Å². The molecule has 8 nitrogen and oxygen atoms in total. The van der Waals surface area contributed by atoms with Crippen molar-refractivity contribution in [1.29, 1.82) is 0 Å². The fraction of sp³-hybridized carbons (Fsp3) is 0.304. The number of sulfonamides is 1. The van der Waals surface area contributed by atoms with E-state index in [1.54, 1.807) is 37.6 Å². The van der Waals surface area contributed by atoms with E-state index >= 15 is 0 Å². The molecule has 1 aromatic heterocycles. The van der Waals surface area contributed by atoms with Gasteiger partial charge < -0.3 is 14.9 Å². The van der Waals surface area contributed by atoms with E-state index in [1.165, 1.54) is 42.2 Å². The number of ether oxygens (including phenoxy) is 1. The van der Waals surface area contributed by atoms with Crippen molar-refractivity contribution in [3.8, 4) is 16.9 Å². The smallest absolute Gasteiger partial charge is 0.321 e. The van der Waals surface area contributed by atoms with Crippen LogP contribution >= 0.6 is 23.1 Å². The van der Waals surface area contributed by atoms with Gasteiger partial charge in [-0.3, -0.25) is 4.79 Å². The third-order valence-electron chi connectivity index (χ3n) is 5.10. The van der Waals surface area contributed by atoms with Crippen molar-refractivity contribution < 1.29 is 28.2 Å². The van der Waals surface area contributed by atoms with Crippen molar-refractivity contribution in [2.24, 2.45) is 0 Å². The summed E-state index contributed by atoms with van der Waals surface area (Å²) in [7, 11) is -2.54. The number of hydrogen-bond acceptors (Lipinski definition) is 8. The quantitative estimate of drug-likeness (QED) is 0.306. The lowest BCUT2D eigenvalue weighted by atomic mass is 9.95. The van der Waals surface area contributed by atoms with Crippen LogP contribution in [0.2, 0.25) is 0 Å². The third kappa shape index (κ3) is 7.28. The molecule has 3 N–H and O–H groups in total. The van der Waals surface area contributed by atoms with Crippen LogP contribution in [0.1, 0.15) is 19.8 Å². The number of nitrogens with zero attached hydrogens (tertiary/aromatic N) is 1. The highest BCUT2D eigenvalue weighted by atomic mass is 32.2. The van der Waals surface area contributed by atoms with Crippen molar-refractivity contribution >= 4 is 39.1 Å². The van der Waals surface area contributed by atoms with Crippen LogP contribution in [0.5, 0.6) is 5.75 Å². The van der Waals surface area contributed by atoms with Crippen molar-refractivity contribution in [2.45, 2.75) is 40.6 Å². The lowest BCUT2D eigenvalue weighted by Crippen LogP contribution is -2.46. The van der Waals surface area contributed by atoms with Crippen LogP contribution in [0.4, 0.5) is 0 Å². The van der Waals surface area contributed by atoms with Crippen LogP contribution in [-0.2, 0) is 14.8 Å². The Morgan fingerprint density at radius 1 is 1.18 bits per heavy atom.